The number of ether oxygens (including phenoxy) is 3. The van der Waals surface area contributed by atoms with Crippen molar-refractivity contribution in [2.24, 2.45) is 17.3 Å². The van der Waals surface area contributed by atoms with Crippen molar-refractivity contribution in [2.75, 3.05) is 7.11 Å². The van der Waals surface area contributed by atoms with Crippen molar-refractivity contribution < 1.29 is 34.0 Å². The molecule has 8 unspecified atom stereocenters. The van der Waals surface area contributed by atoms with E-state index in [0.717, 1.165) is 35.5 Å². The van der Waals surface area contributed by atoms with E-state index in [4.69, 9.17) is 14.2 Å². The van der Waals surface area contributed by atoms with Gasteiger partial charge in [-0.3, -0.25) is 9.59 Å². The average molecular weight is 538 g/mol. The Kier molecular flexibility index (Phi) is 9.39. The molecular weight excluding hydrogens is 494 g/mol. The van der Waals surface area contributed by atoms with Crippen LogP contribution in [0.4, 0.5) is 0 Å². The molecule has 0 radical (unpaired) electrons. The van der Waals surface area contributed by atoms with Gasteiger partial charge in [-0.2, -0.15) is 0 Å². The molecule has 8 nitrogen and oxygen atoms in total. The average Bonchev–Trinajstić information content (AvgIpc) is 3.31. The minimum absolute atomic E-state index is 0.108. The Morgan fingerprint density at radius 2 is 1.92 bits per heavy atom. The van der Waals surface area contributed by atoms with E-state index in [1.165, 1.54) is 11.3 Å². The second-order valence-corrected chi connectivity index (χ2v) is 12.7. The third-order valence-corrected chi connectivity index (χ3v) is 8.99. The number of hydrogen-bond acceptors (Lipinski definition) is 9. The van der Waals surface area contributed by atoms with Crippen LogP contribution in [-0.2, 0) is 23.8 Å². The van der Waals surface area contributed by atoms with Crippen LogP contribution in [0.15, 0.2) is 11.0 Å². The lowest BCUT2D eigenvalue weighted by molar-refractivity contribution is -0.159. The molecule has 2 aliphatic rings. The fraction of sp³-hybridized carbons (Fsp3) is 0.750. The van der Waals surface area contributed by atoms with Gasteiger partial charge >= 0.3 is 5.97 Å². The Balaban J connectivity index is 1.95. The lowest BCUT2D eigenvalue weighted by atomic mass is 9.73. The topological polar surface area (TPSA) is 118 Å². The van der Waals surface area contributed by atoms with Crippen LogP contribution < -0.4 is 0 Å². The van der Waals surface area contributed by atoms with Crippen LogP contribution in [-0.4, -0.2) is 70.2 Å². The molecule has 0 bridgehead atoms. The molecule has 0 saturated carbocycles. The number of rotatable bonds is 3. The Morgan fingerprint density at radius 3 is 2.51 bits per heavy atom. The maximum absolute atomic E-state index is 13.3. The number of cyclic esters (lactones) is 1. The summed E-state index contributed by atoms with van der Waals surface area (Å²) in [5.74, 6) is -1.71. The molecule has 208 valence electrons. The van der Waals surface area contributed by atoms with E-state index in [0.29, 0.717) is 0 Å². The predicted octanol–water partition coefficient (Wildman–Crippen LogP) is 4.10. The van der Waals surface area contributed by atoms with Gasteiger partial charge < -0.3 is 24.4 Å². The number of esters is 1. The zero-order valence-electron chi connectivity index (χ0n) is 23.3. The van der Waals surface area contributed by atoms with Crippen molar-refractivity contribution in [2.45, 2.75) is 110 Å². The van der Waals surface area contributed by atoms with Gasteiger partial charge in [0, 0.05) is 18.4 Å². The first-order chi connectivity index (χ1) is 17.2. The number of Topliss-reactive ketones (excluding diaryl/α,β-unsaturated/α-hetero) is 1. The van der Waals surface area contributed by atoms with E-state index < -0.39 is 47.3 Å². The van der Waals surface area contributed by atoms with Crippen molar-refractivity contribution >= 4 is 29.2 Å². The van der Waals surface area contributed by atoms with Gasteiger partial charge in [-0.25, -0.2) is 4.98 Å². The van der Waals surface area contributed by atoms with Crippen molar-refractivity contribution in [1.82, 2.24) is 4.98 Å². The number of nitrogens with zero attached hydrogens (tertiary/aromatic N) is 1. The summed E-state index contributed by atoms with van der Waals surface area (Å²) in [6, 6.07) is 0. The molecule has 2 saturated heterocycles. The molecule has 2 fully saturated rings. The first-order valence-electron chi connectivity index (χ1n) is 13.1. The van der Waals surface area contributed by atoms with Gasteiger partial charge in [-0.05, 0) is 51.2 Å². The SMILES string of the molecule is COC1C(C(C)=Cc2csc(C)n2)OC(=O)CC(O)C(C)(C)C(=O)C(C)C(O)C(C)CCCC2(C)OC12. The van der Waals surface area contributed by atoms with Gasteiger partial charge in [0.25, 0.3) is 0 Å². The van der Waals surface area contributed by atoms with Crippen molar-refractivity contribution in [3.05, 3.63) is 21.7 Å². The highest BCUT2D eigenvalue weighted by atomic mass is 32.1. The third-order valence-electron chi connectivity index (χ3n) is 8.20. The molecule has 0 aliphatic carbocycles. The number of aliphatic hydroxyl groups is 2. The largest absolute Gasteiger partial charge is 0.455 e. The molecule has 1 aromatic rings. The first kappa shape index (κ1) is 29.9. The summed E-state index contributed by atoms with van der Waals surface area (Å²) in [6.07, 6.45) is 0.0489. The standard InChI is InChI=1S/C28H43NO7S/c1-15-10-9-11-28(7)26(36-28)24(34-8)23(16(2)12-19-14-37-18(4)29-19)35-21(31)13-20(30)27(5,6)25(33)17(3)22(15)32/h12,14-15,17,20,22-24,26,30,32H,9-11,13H2,1-8H3. The number of fused-ring (bicyclic) bond motifs is 1. The number of thiazole rings is 1. The number of aryl methyl sites for hydroxylation is 1. The summed E-state index contributed by atoms with van der Waals surface area (Å²) in [7, 11) is 1.57. The van der Waals surface area contributed by atoms with Crippen LogP contribution in [0.3, 0.4) is 0 Å². The fourth-order valence-electron chi connectivity index (χ4n) is 5.41. The molecule has 3 heterocycles. The number of aromatic nitrogens is 1. The predicted molar refractivity (Wildman–Crippen MR) is 142 cm³/mol. The molecule has 2 N–H and O–H groups in total. The number of epoxide rings is 1. The molecule has 0 amide bonds. The number of aliphatic hydroxyl groups excluding tert-OH is 2. The number of methoxy groups -OCH3 is 1. The van der Waals surface area contributed by atoms with Crippen LogP contribution in [0.5, 0.6) is 0 Å². The highest BCUT2D eigenvalue weighted by Gasteiger charge is 2.59. The normalized spacial score (nSPS) is 38.1. The lowest BCUT2D eigenvalue weighted by Gasteiger charge is -2.35. The molecule has 9 heteroatoms. The van der Waals surface area contributed by atoms with Crippen molar-refractivity contribution in [1.29, 1.82) is 0 Å². The van der Waals surface area contributed by atoms with E-state index in [2.05, 4.69) is 4.98 Å². The third kappa shape index (κ3) is 6.68. The minimum atomic E-state index is -1.28. The van der Waals surface area contributed by atoms with Crippen LogP contribution in [0.1, 0.15) is 77.9 Å². The molecule has 1 aromatic heterocycles. The van der Waals surface area contributed by atoms with E-state index >= 15 is 0 Å². The van der Waals surface area contributed by atoms with Crippen molar-refractivity contribution in [3.63, 3.8) is 0 Å². The zero-order valence-corrected chi connectivity index (χ0v) is 24.1. The van der Waals surface area contributed by atoms with E-state index in [9.17, 15) is 19.8 Å². The quantitative estimate of drug-likeness (QED) is 0.437. The minimum Gasteiger partial charge on any atom is -0.455 e. The van der Waals surface area contributed by atoms with Crippen LogP contribution in [0.2, 0.25) is 0 Å². The van der Waals surface area contributed by atoms with Gasteiger partial charge in [0.2, 0.25) is 0 Å². The maximum atomic E-state index is 13.3. The monoisotopic (exact) mass is 537 g/mol. The van der Waals surface area contributed by atoms with E-state index in [-0.39, 0.29) is 24.2 Å². The fourth-order valence-corrected chi connectivity index (χ4v) is 5.98. The summed E-state index contributed by atoms with van der Waals surface area (Å²) >= 11 is 1.53. The second kappa shape index (κ2) is 11.6. The summed E-state index contributed by atoms with van der Waals surface area (Å²) in [6.45, 7) is 12.7. The van der Waals surface area contributed by atoms with Gasteiger partial charge in [0.05, 0.1) is 40.3 Å². The molecule has 2 aliphatic heterocycles. The number of ketones is 1. The summed E-state index contributed by atoms with van der Waals surface area (Å²) in [5.41, 5.74) is -0.174. The van der Waals surface area contributed by atoms with Gasteiger partial charge in [0.1, 0.15) is 18.0 Å². The number of hydrogen-bond donors (Lipinski definition) is 2. The van der Waals surface area contributed by atoms with E-state index in [1.807, 2.05) is 39.2 Å². The van der Waals surface area contributed by atoms with Crippen molar-refractivity contribution in [3.8, 4) is 0 Å². The molecule has 3 rings (SSSR count). The second-order valence-electron chi connectivity index (χ2n) is 11.6. The smallest absolute Gasteiger partial charge is 0.309 e. The highest BCUT2D eigenvalue weighted by molar-refractivity contribution is 7.09. The first-order valence-corrected chi connectivity index (χ1v) is 14.0. The van der Waals surface area contributed by atoms with Gasteiger partial charge in [0.15, 0.2) is 6.10 Å². The zero-order chi connectivity index (χ0) is 27.7. The lowest BCUT2D eigenvalue weighted by Crippen LogP contribution is -2.46. The van der Waals surface area contributed by atoms with Gasteiger partial charge in [-0.15, -0.1) is 11.3 Å². The Bertz CT molecular complexity index is 1000. The number of carbonyl (C=O) groups is 2. The molecule has 37 heavy (non-hydrogen) atoms. The molecule has 8 atom stereocenters. The highest BCUT2D eigenvalue weighted by Crippen LogP contribution is 2.46. The van der Waals surface area contributed by atoms with Crippen LogP contribution in [0, 0.1) is 24.2 Å². The van der Waals surface area contributed by atoms with Gasteiger partial charge in [-0.1, -0.05) is 34.1 Å². The van der Waals surface area contributed by atoms with Crippen LogP contribution >= 0.6 is 11.3 Å². The van der Waals surface area contributed by atoms with E-state index in [1.54, 1.807) is 27.9 Å². The van der Waals surface area contributed by atoms with Crippen LogP contribution in [0.25, 0.3) is 6.08 Å². The Morgan fingerprint density at radius 1 is 1.24 bits per heavy atom. The summed E-state index contributed by atoms with van der Waals surface area (Å²) in [5, 5.41) is 24.7. The molecule has 0 spiro atoms. The maximum Gasteiger partial charge on any atom is 0.309 e. The summed E-state index contributed by atoms with van der Waals surface area (Å²) in [4.78, 5) is 30.9. The molecule has 0 aromatic carbocycles. The Hall–Kier alpha value is -1.65. The number of carbonyl (C=O) groups excluding carboxylic acids is 2. The molecular formula is C28H43NO7S. The Labute approximate surface area is 224 Å². The summed E-state index contributed by atoms with van der Waals surface area (Å²) < 4.78 is 17.9.